The Morgan fingerprint density at radius 2 is 1.90 bits per heavy atom. The third-order valence-electron chi connectivity index (χ3n) is 6.56. The summed E-state index contributed by atoms with van der Waals surface area (Å²) < 4.78 is 17.3. The van der Waals surface area contributed by atoms with E-state index in [-0.39, 0.29) is 12.2 Å². The van der Waals surface area contributed by atoms with Crippen LogP contribution in [0.25, 0.3) is 0 Å². The smallest absolute Gasteiger partial charge is 0.351 e. The minimum Gasteiger partial charge on any atom is -0.458 e. The number of carbonyl (C=O) groups excluding carboxylic acids is 4. The first kappa shape index (κ1) is 23.0. The molecule has 3 rings (SSSR count). The molecule has 0 amide bonds. The van der Waals surface area contributed by atoms with Crippen LogP contribution in [0, 0.1) is 17.8 Å². The number of hydrogen-bond acceptors (Lipinski definition) is 7. The minimum absolute atomic E-state index is 0.126. The van der Waals surface area contributed by atoms with E-state index in [1.807, 2.05) is 13.8 Å². The summed E-state index contributed by atoms with van der Waals surface area (Å²) in [7, 11) is 0. The number of ether oxygens (including phenoxy) is 3. The van der Waals surface area contributed by atoms with Crippen molar-refractivity contribution in [1.82, 2.24) is 0 Å². The standard InChI is InChI=1S/C24H30O7/c1-8-12(4)22(27)29-16-10-14(6)17-15(25)9-13(5)18(17)20-19(16)24(7,23(28)30-20)31-21(26)11(2)3/h8-9,11,16,18-20H,10H2,1-7H3/b12-8-/t16-,18-,19+,20+,24-/m0/s1. The van der Waals surface area contributed by atoms with Gasteiger partial charge in [0.1, 0.15) is 12.2 Å². The average Bonchev–Trinajstić information content (AvgIpc) is 3.07. The SMILES string of the molecule is C/C=C(/C)C(=O)O[C@H]1CC(C)=C2C(=O)C=C(C)[C@@H]2[C@H]2OC(=O)[C@@](C)(OC(=O)C(C)C)[C@@H]21. The number of allylic oxidation sites excluding steroid dienone is 2. The third kappa shape index (κ3) is 3.75. The van der Waals surface area contributed by atoms with Crippen molar-refractivity contribution >= 4 is 23.7 Å². The highest BCUT2D eigenvalue weighted by atomic mass is 16.6. The van der Waals surface area contributed by atoms with E-state index in [4.69, 9.17) is 14.2 Å². The molecule has 3 aliphatic rings. The summed E-state index contributed by atoms with van der Waals surface area (Å²) in [6, 6.07) is 0. The molecule has 168 valence electrons. The van der Waals surface area contributed by atoms with E-state index in [2.05, 4.69) is 0 Å². The Morgan fingerprint density at radius 1 is 1.26 bits per heavy atom. The molecule has 0 aromatic carbocycles. The van der Waals surface area contributed by atoms with E-state index in [9.17, 15) is 19.2 Å². The van der Waals surface area contributed by atoms with E-state index < -0.39 is 53.5 Å². The molecular formula is C24H30O7. The Morgan fingerprint density at radius 3 is 2.48 bits per heavy atom. The second kappa shape index (κ2) is 8.09. The topological polar surface area (TPSA) is 96.0 Å². The quantitative estimate of drug-likeness (QED) is 0.384. The van der Waals surface area contributed by atoms with E-state index in [1.165, 1.54) is 6.92 Å². The molecule has 1 saturated heterocycles. The lowest BCUT2D eigenvalue weighted by molar-refractivity contribution is -0.180. The summed E-state index contributed by atoms with van der Waals surface area (Å²) in [5.41, 5.74) is 0.911. The van der Waals surface area contributed by atoms with E-state index >= 15 is 0 Å². The van der Waals surface area contributed by atoms with Gasteiger partial charge >= 0.3 is 17.9 Å². The Balaban J connectivity index is 2.12. The van der Waals surface area contributed by atoms with E-state index in [1.54, 1.807) is 39.8 Å². The zero-order valence-electron chi connectivity index (χ0n) is 19.1. The van der Waals surface area contributed by atoms with Gasteiger partial charge in [-0.3, -0.25) is 9.59 Å². The molecule has 0 aromatic rings. The summed E-state index contributed by atoms with van der Waals surface area (Å²) in [5.74, 6) is -3.54. The lowest BCUT2D eigenvalue weighted by atomic mass is 9.77. The van der Waals surface area contributed by atoms with Gasteiger partial charge in [-0.1, -0.05) is 31.1 Å². The number of rotatable bonds is 4. The van der Waals surface area contributed by atoms with Gasteiger partial charge in [-0.25, -0.2) is 9.59 Å². The van der Waals surface area contributed by atoms with Gasteiger partial charge in [-0.05, 0) is 40.7 Å². The molecule has 0 saturated carbocycles. The predicted molar refractivity (Wildman–Crippen MR) is 112 cm³/mol. The molecule has 0 N–H and O–H groups in total. The molecule has 2 aliphatic carbocycles. The molecule has 0 unspecified atom stereocenters. The molecule has 1 fully saturated rings. The molecule has 1 aliphatic heterocycles. The highest BCUT2D eigenvalue weighted by Gasteiger charge is 2.65. The maximum absolute atomic E-state index is 13.0. The summed E-state index contributed by atoms with van der Waals surface area (Å²) in [5, 5.41) is 0. The highest BCUT2D eigenvalue weighted by Crippen LogP contribution is 2.51. The molecule has 5 atom stereocenters. The van der Waals surface area contributed by atoms with Crippen LogP contribution >= 0.6 is 0 Å². The minimum atomic E-state index is -1.64. The number of hydrogen-bond donors (Lipinski definition) is 0. The fourth-order valence-corrected chi connectivity index (χ4v) is 4.70. The van der Waals surface area contributed by atoms with Crippen LogP contribution in [-0.4, -0.2) is 41.5 Å². The molecule has 0 spiro atoms. The zero-order valence-corrected chi connectivity index (χ0v) is 19.1. The molecule has 31 heavy (non-hydrogen) atoms. The first-order valence-corrected chi connectivity index (χ1v) is 10.6. The van der Waals surface area contributed by atoms with Gasteiger partial charge in [0.25, 0.3) is 0 Å². The van der Waals surface area contributed by atoms with Crippen molar-refractivity contribution in [3.63, 3.8) is 0 Å². The molecule has 1 heterocycles. The predicted octanol–water partition coefficient (Wildman–Crippen LogP) is 3.23. The average molecular weight is 430 g/mol. The van der Waals surface area contributed by atoms with E-state index in [0.29, 0.717) is 11.1 Å². The lowest BCUT2D eigenvalue weighted by Gasteiger charge is -2.35. The van der Waals surface area contributed by atoms with Crippen LogP contribution in [-0.2, 0) is 33.4 Å². The second-order valence-electron chi connectivity index (χ2n) is 9.12. The van der Waals surface area contributed by atoms with E-state index in [0.717, 1.165) is 11.1 Å². The number of ketones is 1. The summed E-state index contributed by atoms with van der Waals surface area (Å²) in [4.78, 5) is 50.8. The molecule has 7 heteroatoms. The largest absolute Gasteiger partial charge is 0.458 e. The van der Waals surface area contributed by atoms with Crippen LogP contribution in [0.3, 0.4) is 0 Å². The second-order valence-corrected chi connectivity index (χ2v) is 9.12. The maximum Gasteiger partial charge on any atom is 0.351 e. The summed E-state index contributed by atoms with van der Waals surface area (Å²) >= 11 is 0. The van der Waals surface area contributed by atoms with Gasteiger partial charge in [0.15, 0.2) is 5.78 Å². The molecule has 0 bridgehead atoms. The van der Waals surface area contributed by atoms with Crippen molar-refractivity contribution in [2.45, 2.75) is 72.7 Å². The van der Waals surface area contributed by atoms with Crippen molar-refractivity contribution in [2.24, 2.45) is 17.8 Å². The van der Waals surface area contributed by atoms with Crippen LogP contribution in [0.5, 0.6) is 0 Å². The van der Waals surface area contributed by atoms with Crippen molar-refractivity contribution in [2.75, 3.05) is 0 Å². The van der Waals surface area contributed by atoms with Gasteiger partial charge in [0, 0.05) is 23.5 Å². The normalized spacial score (nSPS) is 32.9. The monoisotopic (exact) mass is 430 g/mol. The highest BCUT2D eigenvalue weighted by molar-refractivity contribution is 6.09. The van der Waals surface area contributed by atoms with Crippen molar-refractivity contribution in [3.8, 4) is 0 Å². The summed E-state index contributed by atoms with van der Waals surface area (Å²) in [6.07, 6.45) is 1.86. The van der Waals surface area contributed by atoms with Crippen LogP contribution in [0.15, 0.2) is 34.4 Å². The fraction of sp³-hybridized carbons (Fsp3) is 0.583. The number of fused-ring (bicyclic) bond motifs is 3. The third-order valence-corrected chi connectivity index (χ3v) is 6.56. The lowest BCUT2D eigenvalue weighted by Crippen LogP contribution is -2.51. The number of esters is 3. The first-order valence-electron chi connectivity index (χ1n) is 10.6. The molecule has 0 aromatic heterocycles. The Hall–Kier alpha value is -2.70. The Bertz CT molecular complexity index is 936. The summed E-state index contributed by atoms with van der Waals surface area (Å²) in [6.45, 7) is 11.9. The van der Waals surface area contributed by atoms with Crippen molar-refractivity contribution in [1.29, 1.82) is 0 Å². The number of carbonyl (C=O) groups is 4. The van der Waals surface area contributed by atoms with Crippen LogP contribution < -0.4 is 0 Å². The Labute approximate surface area is 182 Å². The molecular weight excluding hydrogens is 400 g/mol. The van der Waals surface area contributed by atoms with Crippen molar-refractivity contribution in [3.05, 3.63) is 34.4 Å². The molecule has 7 nitrogen and oxygen atoms in total. The van der Waals surface area contributed by atoms with Gasteiger partial charge in [-0.2, -0.15) is 0 Å². The van der Waals surface area contributed by atoms with Crippen LogP contribution in [0.4, 0.5) is 0 Å². The van der Waals surface area contributed by atoms with Gasteiger partial charge in [-0.15, -0.1) is 0 Å². The van der Waals surface area contributed by atoms with Crippen molar-refractivity contribution < 1.29 is 33.4 Å². The van der Waals surface area contributed by atoms with Crippen LogP contribution in [0.1, 0.15) is 54.9 Å². The van der Waals surface area contributed by atoms with Crippen LogP contribution in [0.2, 0.25) is 0 Å². The fourth-order valence-electron chi connectivity index (χ4n) is 4.70. The Kier molecular flexibility index (Phi) is 6.00. The zero-order chi connectivity index (χ0) is 23.2. The first-order chi connectivity index (χ1) is 14.4. The maximum atomic E-state index is 13.0. The van der Waals surface area contributed by atoms with Gasteiger partial charge in [0.05, 0.1) is 11.8 Å². The molecule has 0 radical (unpaired) electrons. The van der Waals surface area contributed by atoms with Gasteiger partial charge in [0.2, 0.25) is 5.60 Å². The van der Waals surface area contributed by atoms with Gasteiger partial charge < -0.3 is 14.2 Å².